The van der Waals surface area contributed by atoms with Gasteiger partial charge in [0.2, 0.25) is 0 Å². The van der Waals surface area contributed by atoms with Gasteiger partial charge in [-0.3, -0.25) is 9.69 Å². The van der Waals surface area contributed by atoms with Gasteiger partial charge in [0, 0.05) is 38.8 Å². The van der Waals surface area contributed by atoms with Crippen LogP contribution >= 0.6 is 0 Å². The van der Waals surface area contributed by atoms with Gasteiger partial charge in [-0.25, -0.2) is 4.79 Å². The number of rotatable bonds is 7. The highest BCUT2D eigenvalue weighted by molar-refractivity contribution is 6.07. The van der Waals surface area contributed by atoms with E-state index in [0.717, 1.165) is 6.07 Å². The Bertz CT molecular complexity index is 835. The van der Waals surface area contributed by atoms with Crippen molar-refractivity contribution in [1.29, 1.82) is 0 Å². The van der Waals surface area contributed by atoms with Gasteiger partial charge in [0.1, 0.15) is 5.54 Å². The van der Waals surface area contributed by atoms with Crippen molar-refractivity contribution in [2.75, 3.05) is 46.8 Å². The number of likely N-dealkylation sites (N-methyl/N-ethyl adjacent to an activating group) is 2. The summed E-state index contributed by atoms with van der Waals surface area (Å²) in [7, 11) is 3.81. The number of alkyl halides is 3. The molecule has 1 atom stereocenters. The Balaban J connectivity index is 1.67. The Labute approximate surface area is 187 Å². The predicted molar refractivity (Wildman–Crippen MR) is 116 cm³/mol. The van der Waals surface area contributed by atoms with Crippen LogP contribution in [0.3, 0.4) is 0 Å². The highest BCUT2D eigenvalue weighted by Crippen LogP contribution is 2.38. The lowest BCUT2D eigenvalue weighted by Gasteiger charge is -2.43. The lowest BCUT2D eigenvalue weighted by molar-refractivity contribution is -0.137. The number of benzene rings is 1. The summed E-state index contributed by atoms with van der Waals surface area (Å²) in [5, 5.41) is 0. The number of likely N-dealkylation sites (tertiary alicyclic amines) is 1. The maximum Gasteiger partial charge on any atom is 0.416 e. The molecule has 1 spiro atoms. The van der Waals surface area contributed by atoms with Gasteiger partial charge in [-0.15, -0.1) is 0 Å². The number of hydrogen-bond donors (Lipinski definition) is 0. The summed E-state index contributed by atoms with van der Waals surface area (Å²) in [6, 6.07) is 5.27. The zero-order chi connectivity index (χ0) is 23.7. The van der Waals surface area contributed by atoms with Crippen molar-refractivity contribution < 1.29 is 22.8 Å². The van der Waals surface area contributed by atoms with Crippen molar-refractivity contribution in [3.8, 4) is 0 Å². The van der Waals surface area contributed by atoms with Crippen LogP contribution in [-0.2, 0) is 17.4 Å². The van der Waals surface area contributed by atoms with Gasteiger partial charge in [0.15, 0.2) is 0 Å². The van der Waals surface area contributed by atoms with E-state index in [1.54, 1.807) is 11.0 Å². The molecule has 1 unspecified atom stereocenters. The van der Waals surface area contributed by atoms with Crippen molar-refractivity contribution in [2.24, 2.45) is 0 Å². The second-order valence-corrected chi connectivity index (χ2v) is 9.11. The summed E-state index contributed by atoms with van der Waals surface area (Å²) in [6.07, 6.45) is -2.78. The van der Waals surface area contributed by atoms with Gasteiger partial charge < -0.3 is 14.7 Å². The highest BCUT2D eigenvalue weighted by Gasteiger charge is 2.57. The molecule has 6 nitrogen and oxygen atoms in total. The third kappa shape index (κ3) is 4.78. The molecule has 0 radical (unpaired) electrons. The Morgan fingerprint density at radius 1 is 1.16 bits per heavy atom. The fraction of sp³-hybridized carbons (Fsp3) is 0.652. The number of carbonyl (C=O) groups is 2. The van der Waals surface area contributed by atoms with E-state index in [4.69, 9.17) is 0 Å². The average Bonchev–Trinajstić information content (AvgIpc) is 2.92. The van der Waals surface area contributed by atoms with Gasteiger partial charge in [-0.2, -0.15) is 13.2 Å². The molecule has 1 aromatic rings. The van der Waals surface area contributed by atoms with Crippen LogP contribution in [0.25, 0.3) is 0 Å². The first-order valence-electron chi connectivity index (χ1n) is 11.2. The standard InChI is InChI=1S/C23H33F3N4O2/c1-5-30-21(32)29(14-13-27(3)4)20(31)22(30)9-11-28(12-10-22)17(2)15-18-7-6-8-19(16-18)23(24,25)26/h6-8,16-17H,5,9-15H2,1-4H3. The zero-order valence-electron chi connectivity index (χ0n) is 19.3. The van der Waals surface area contributed by atoms with E-state index in [1.807, 2.05) is 32.8 Å². The molecule has 0 aliphatic carbocycles. The van der Waals surface area contributed by atoms with Gasteiger partial charge in [-0.05, 0) is 58.8 Å². The van der Waals surface area contributed by atoms with Crippen molar-refractivity contribution >= 4 is 11.9 Å². The number of piperidine rings is 1. The number of amides is 3. The van der Waals surface area contributed by atoms with Crippen molar-refractivity contribution in [1.82, 2.24) is 19.6 Å². The first kappa shape index (κ1) is 24.5. The van der Waals surface area contributed by atoms with Crippen molar-refractivity contribution in [2.45, 2.75) is 50.9 Å². The predicted octanol–water partition coefficient (Wildman–Crippen LogP) is 3.32. The SMILES string of the molecule is CCN1C(=O)N(CCN(C)C)C(=O)C12CCN(C(C)Cc1cccc(C(F)(F)F)c1)CC2. The molecule has 0 saturated carbocycles. The summed E-state index contributed by atoms with van der Waals surface area (Å²) in [6.45, 7) is 6.60. The molecular formula is C23H33F3N4O2. The van der Waals surface area contributed by atoms with E-state index in [-0.39, 0.29) is 18.0 Å². The number of urea groups is 1. The normalized spacial score (nSPS) is 20.6. The minimum atomic E-state index is -4.35. The van der Waals surface area contributed by atoms with E-state index in [0.29, 0.717) is 57.5 Å². The zero-order valence-corrected chi connectivity index (χ0v) is 19.3. The number of nitrogens with zero attached hydrogens (tertiary/aromatic N) is 4. The van der Waals surface area contributed by atoms with Crippen LogP contribution in [-0.4, -0.2) is 89.9 Å². The number of imide groups is 1. The van der Waals surface area contributed by atoms with E-state index < -0.39 is 17.3 Å². The van der Waals surface area contributed by atoms with Crippen LogP contribution in [0.2, 0.25) is 0 Å². The molecule has 0 aromatic heterocycles. The Hall–Kier alpha value is -2.13. The molecule has 9 heteroatoms. The Morgan fingerprint density at radius 2 is 1.81 bits per heavy atom. The summed E-state index contributed by atoms with van der Waals surface area (Å²) in [4.78, 5) is 33.4. The summed E-state index contributed by atoms with van der Waals surface area (Å²) in [5.41, 5.74) is -0.791. The van der Waals surface area contributed by atoms with Crippen LogP contribution < -0.4 is 0 Å². The molecule has 2 fully saturated rings. The summed E-state index contributed by atoms with van der Waals surface area (Å²) < 4.78 is 39.1. The number of carbonyl (C=O) groups excluding carboxylic acids is 2. The van der Waals surface area contributed by atoms with E-state index in [1.165, 1.54) is 17.0 Å². The Morgan fingerprint density at radius 3 is 2.38 bits per heavy atom. The third-order valence-electron chi connectivity index (χ3n) is 6.74. The summed E-state index contributed by atoms with van der Waals surface area (Å²) >= 11 is 0. The molecule has 178 valence electrons. The molecule has 2 aliphatic heterocycles. The van der Waals surface area contributed by atoms with E-state index in [9.17, 15) is 22.8 Å². The van der Waals surface area contributed by atoms with Gasteiger partial charge in [0.05, 0.1) is 5.56 Å². The van der Waals surface area contributed by atoms with Gasteiger partial charge in [-0.1, -0.05) is 18.2 Å². The molecule has 0 bridgehead atoms. The largest absolute Gasteiger partial charge is 0.416 e. The second-order valence-electron chi connectivity index (χ2n) is 9.11. The first-order chi connectivity index (χ1) is 15.0. The van der Waals surface area contributed by atoms with Crippen molar-refractivity contribution in [3.05, 3.63) is 35.4 Å². The summed E-state index contributed by atoms with van der Waals surface area (Å²) in [5.74, 6) is -0.114. The molecule has 3 rings (SSSR count). The molecule has 0 N–H and O–H groups in total. The van der Waals surface area contributed by atoms with Crippen LogP contribution in [0.1, 0.15) is 37.8 Å². The van der Waals surface area contributed by atoms with E-state index >= 15 is 0 Å². The van der Waals surface area contributed by atoms with Crippen LogP contribution in [0.4, 0.5) is 18.0 Å². The topological polar surface area (TPSA) is 47.1 Å². The fourth-order valence-corrected chi connectivity index (χ4v) is 4.88. The second kappa shape index (κ2) is 9.39. The molecule has 1 aromatic carbocycles. The maximum atomic E-state index is 13.3. The third-order valence-corrected chi connectivity index (χ3v) is 6.74. The van der Waals surface area contributed by atoms with Gasteiger partial charge >= 0.3 is 12.2 Å². The molecule has 32 heavy (non-hydrogen) atoms. The fourth-order valence-electron chi connectivity index (χ4n) is 4.88. The average molecular weight is 455 g/mol. The Kier molecular flexibility index (Phi) is 7.19. The van der Waals surface area contributed by atoms with E-state index in [2.05, 4.69) is 4.90 Å². The van der Waals surface area contributed by atoms with Crippen LogP contribution in [0.15, 0.2) is 24.3 Å². The molecular weight excluding hydrogens is 421 g/mol. The molecule has 2 aliphatic rings. The smallest absolute Gasteiger partial charge is 0.310 e. The lowest BCUT2D eigenvalue weighted by atomic mass is 9.85. The van der Waals surface area contributed by atoms with Crippen LogP contribution in [0, 0.1) is 0 Å². The molecule has 2 heterocycles. The quantitative estimate of drug-likeness (QED) is 0.593. The lowest BCUT2D eigenvalue weighted by Crippen LogP contribution is -2.57. The van der Waals surface area contributed by atoms with Gasteiger partial charge in [0.25, 0.3) is 5.91 Å². The number of halogens is 3. The molecule has 3 amide bonds. The highest BCUT2D eigenvalue weighted by atomic mass is 19.4. The van der Waals surface area contributed by atoms with Crippen LogP contribution in [0.5, 0.6) is 0 Å². The molecule has 2 saturated heterocycles. The van der Waals surface area contributed by atoms with Crippen molar-refractivity contribution in [3.63, 3.8) is 0 Å². The monoisotopic (exact) mass is 454 g/mol. The minimum Gasteiger partial charge on any atom is -0.310 e. The maximum absolute atomic E-state index is 13.3. The number of hydrogen-bond acceptors (Lipinski definition) is 4. The minimum absolute atomic E-state index is 0.0305. The first-order valence-corrected chi connectivity index (χ1v) is 11.2.